The highest BCUT2D eigenvalue weighted by Gasteiger charge is 2.63. The van der Waals surface area contributed by atoms with Gasteiger partial charge in [-0.2, -0.15) is 0 Å². The van der Waals surface area contributed by atoms with Crippen molar-refractivity contribution in [3.05, 3.63) is 124 Å². The molecule has 4 aromatic rings. The lowest BCUT2D eigenvalue weighted by Gasteiger charge is -2.64. The van der Waals surface area contributed by atoms with E-state index in [9.17, 15) is 24.9 Å². The third kappa shape index (κ3) is 6.80. The summed E-state index contributed by atoms with van der Waals surface area (Å²) in [5, 5.41) is 32.0. The van der Waals surface area contributed by atoms with Crippen LogP contribution in [0.5, 0.6) is 23.0 Å². The lowest BCUT2D eigenvalue weighted by molar-refractivity contribution is -0.169. The fourth-order valence-corrected chi connectivity index (χ4v) is 11.1. The highest BCUT2D eigenvalue weighted by atomic mass is 16.6. The Kier molecular flexibility index (Phi) is 10.3. The molecule has 4 aromatic carbocycles. The molecular weight excluding hydrogens is 709 g/mol. The molecule has 0 saturated heterocycles. The van der Waals surface area contributed by atoms with Gasteiger partial charge in [0.1, 0.15) is 12.2 Å². The van der Waals surface area contributed by atoms with Crippen LogP contribution in [0.25, 0.3) is 6.08 Å². The molecule has 0 bridgehead atoms. The molecule has 8 rings (SSSR count). The number of benzene rings is 4. The monoisotopic (exact) mass is 758 g/mol. The molecule has 9 heteroatoms. The van der Waals surface area contributed by atoms with Crippen LogP contribution >= 0.6 is 0 Å². The van der Waals surface area contributed by atoms with Gasteiger partial charge in [-0.1, -0.05) is 66.7 Å². The van der Waals surface area contributed by atoms with Crippen LogP contribution in [-0.2, 0) is 44.9 Å². The van der Waals surface area contributed by atoms with E-state index < -0.39 is 29.6 Å². The summed E-state index contributed by atoms with van der Waals surface area (Å²) in [4.78, 5) is 27.0. The first kappa shape index (κ1) is 37.6. The topological polar surface area (TPSA) is 132 Å². The Morgan fingerprint density at radius 2 is 1.54 bits per heavy atom. The van der Waals surface area contributed by atoms with Crippen molar-refractivity contribution >= 4 is 18.0 Å². The number of allylic oxidation sites excluding steroid dienone is 1. The van der Waals surface area contributed by atoms with Crippen molar-refractivity contribution < 1.29 is 43.9 Å². The molecule has 292 valence electrons. The number of hydrogen-bond acceptors (Lipinski definition) is 9. The van der Waals surface area contributed by atoms with Crippen molar-refractivity contribution in [2.45, 2.75) is 82.5 Å². The second-order valence-electron chi connectivity index (χ2n) is 16.1. The van der Waals surface area contributed by atoms with E-state index in [0.717, 1.165) is 52.6 Å². The number of phenolic OH excluding ortho intramolecular Hbond substituents is 2. The molecule has 4 aliphatic rings. The summed E-state index contributed by atoms with van der Waals surface area (Å²) >= 11 is 0. The summed E-state index contributed by atoms with van der Waals surface area (Å²) in [5.74, 6) is 0.0139. The van der Waals surface area contributed by atoms with Crippen LogP contribution in [0.1, 0.15) is 83.4 Å². The number of phenols is 2. The molecule has 0 amide bonds. The number of aliphatic hydroxyl groups excluding tert-OH is 1. The smallest absolute Gasteiger partial charge is 0.310 e. The van der Waals surface area contributed by atoms with Crippen molar-refractivity contribution in [1.29, 1.82) is 0 Å². The highest BCUT2D eigenvalue weighted by molar-refractivity contribution is 5.73. The maximum absolute atomic E-state index is 13.9. The summed E-state index contributed by atoms with van der Waals surface area (Å²) in [6.07, 6.45) is 7.26. The molecule has 0 spiro atoms. The first-order valence-electron chi connectivity index (χ1n) is 19.7. The molecule has 8 atom stereocenters. The Labute approximate surface area is 327 Å². The summed E-state index contributed by atoms with van der Waals surface area (Å²) in [7, 11) is 3.11. The van der Waals surface area contributed by atoms with Gasteiger partial charge < -0.3 is 34.3 Å². The van der Waals surface area contributed by atoms with Gasteiger partial charge in [-0.25, -0.2) is 0 Å². The maximum atomic E-state index is 13.9. The lowest BCUT2D eigenvalue weighted by atomic mass is 9.40. The maximum Gasteiger partial charge on any atom is 0.310 e. The molecule has 0 heterocycles. The lowest BCUT2D eigenvalue weighted by Crippen LogP contribution is -2.59. The van der Waals surface area contributed by atoms with Gasteiger partial charge in [-0.15, -0.1) is 0 Å². The minimum Gasteiger partial charge on any atom is -0.504 e. The number of rotatable bonds is 9. The van der Waals surface area contributed by atoms with Gasteiger partial charge in [0.05, 0.1) is 27.2 Å². The van der Waals surface area contributed by atoms with Gasteiger partial charge in [0.15, 0.2) is 23.0 Å². The predicted molar refractivity (Wildman–Crippen MR) is 211 cm³/mol. The molecule has 2 saturated carbocycles. The summed E-state index contributed by atoms with van der Waals surface area (Å²) in [6.45, 7) is 1.31. The highest BCUT2D eigenvalue weighted by Crippen LogP contribution is 2.69. The minimum atomic E-state index is -0.602. The van der Waals surface area contributed by atoms with Gasteiger partial charge in [0, 0.05) is 24.7 Å². The Hall–Kier alpha value is -5.28. The zero-order valence-corrected chi connectivity index (χ0v) is 32.1. The summed E-state index contributed by atoms with van der Waals surface area (Å²) < 4.78 is 24.2. The second kappa shape index (κ2) is 15.3. The van der Waals surface area contributed by atoms with Gasteiger partial charge >= 0.3 is 11.9 Å². The van der Waals surface area contributed by atoms with E-state index in [-0.39, 0.29) is 54.1 Å². The van der Waals surface area contributed by atoms with Crippen LogP contribution in [0.15, 0.2) is 84.9 Å². The zero-order valence-electron chi connectivity index (χ0n) is 32.1. The van der Waals surface area contributed by atoms with Crippen LogP contribution in [0.3, 0.4) is 0 Å². The fourth-order valence-electron chi connectivity index (χ4n) is 11.1. The van der Waals surface area contributed by atoms with E-state index in [0.29, 0.717) is 36.3 Å². The average molecular weight is 759 g/mol. The third-order valence-electron chi connectivity index (χ3n) is 13.1. The fraction of sp³-hybridized carbons (Fsp3) is 0.404. The number of fused-ring (bicyclic) bond motifs is 4. The quantitative estimate of drug-likeness (QED) is 0.146. The van der Waals surface area contributed by atoms with Crippen LogP contribution in [0.4, 0.5) is 0 Å². The molecule has 0 aliphatic heterocycles. The summed E-state index contributed by atoms with van der Waals surface area (Å²) in [5.41, 5.74) is 6.22. The summed E-state index contributed by atoms with van der Waals surface area (Å²) in [6, 6.07) is 25.2. The number of hydrogen-bond donors (Lipinski definition) is 3. The van der Waals surface area contributed by atoms with Crippen LogP contribution in [0, 0.1) is 23.2 Å². The number of aromatic hydroxyl groups is 2. The van der Waals surface area contributed by atoms with E-state index in [1.54, 1.807) is 14.2 Å². The van der Waals surface area contributed by atoms with Gasteiger partial charge in [-0.05, 0) is 119 Å². The zero-order chi connectivity index (χ0) is 39.1. The Balaban J connectivity index is 1.33. The van der Waals surface area contributed by atoms with Crippen molar-refractivity contribution in [3.63, 3.8) is 0 Å². The van der Waals surface area contributed by atoms with Gasteiger partial charge in [-0.3, -0.25) is 9.59 Å². The second-order valence-corrected chi connectivity index (χ2v) is 16.1. The Morgan fingerprint density at radius 1 is 0.804 bits per heavy atom. The van der Waals surface area contributed by atoms with E-state index in [4.69, 9.17) is 18.9 Å². The van der Waals surface area contributed by atoms with Crippen molar-refractivity contribution in [3.8, 4) is 23.0 Å². The third-order valence-corrected chi connectivity index (χ3v) is 13.1. The number of methoxy groups -OCH3 is 2. The normalized spacial score (nSPS) is 27.5. The molecular formula is C47H50O9. The average Bonchev–Trinajstić information content (AvgIpc) is 3.18. The van der Waals surface area contributed by atoms with Gasteiger partial charge in [0.25, 0.3) is 0 Å². The molecule has 56 heavy (non-hydrogen) atoms. The molecule has 2 fully saturated rings. The molecule has 4 aliphatic carbocycles. The van der Waals surface area contributed by atoms with Crippen LogP contribution < -0.4 is 9.47 Å². The van der Waals surface area contributed by atoms with E-state index in [2.05, 4.69) is 24.3 Å². The standard InChI is InChI=1S/C47H50O9/c1-27(49)55-42-23-34(56-45(52)17-29-10-7-11-30(16-29)26-48)22-37-35-25-44(54-3)40(50)20-32(35)18-31-12-13-38-36-24-41(51)43(53-2)21-33(36)19-39(42)47(38,46(31)37)15-14-28-8-5-4-6-9-28/h4-11,14-16,20-21,24-25,31,34,37-39,42,46,48,50-51H,12-13,17-19,22-23,26H2,1-3H3. The Bertz CT molecular complexity index is 2140. The molecule has 8 unspecified atom stereocenters. The SMILES string of the molecule is COc1cc2c(cc1O)C1CCC3Cc4cc(O)c(OC)cc4C4CC(OC(=O)Cc5cccc(CO)c5)CC(OC(C)=O)C(C2)C1(C=Cc1ccccc1)C34. The minimum absolute atomic E-state index is 0.00570. The van der Waals surface area contributed by atoms with E-state index in [1.807, 2.05) is 66.7 Å². The predicted octanol–water partition coefficient (Wildman–Crippen LogP) is 7.81. The number of carbonyl (C=O) groups is 2. The van der Waals surface area contributed by atoms with Crippen molar-refractivity contribution in [2.24, 2.45) is 23.2 Å². The van der Waals surface area contributed by atoms with Crippen molar-refractivity contribution in [2.75, 3.05) is 14.2 Å². The van der Waals surface area contributed by atoms with Gasteiger partial charge in [0.2, 0.25) is 0 Å². The Morgan fingerprint density at radius 3 is 2.29 bits per heavy atom. The first-order valence-corrected chi connectivity index (χ1v) is 19.7. The number of esters is 2. The van der Waals surface area contributed by atoms with Crippen molar-refractivity contribution in [1.82, 2.24) is 0 Å². The number of carbonyl (C=O) groups excluding carboxylic acids is 2. The molecule has 0 aromatic heterocycles. The van der Waals surface area contributed by atoms with E-state index in [1.165, 1.54) is 6.92 Å². The van der Waals surface area contributed by atoms with Crippen LogP contribution in [-0.4, -0.2) is 53.7 Å². The molecule has 3 N–H and O–H groups in total. The first-order chi connectivity index (χ1) is 27.1. The van der Waals surface area contributed by atoms with Crippen LogP contribution in [0.2, 0.25) is 0 Å². The largest absolute Gasteiger partial charge is 0.504 e. The van der Waals surface area contributed by atoms with E-state index >= 15 is 0 Å². The molecule has 0 radical (unpaired) electrons. The molecule has 9 nitrogen and oxygen atoms in total. The number of ether oxygens (including phenoxy) is 4. The number of aliphatic hydroxyl groups is 1.